The fourth-order valence-electron chi connectivity index (χ4n) is 2.03. The lowest BCUT2D eigenvalue weighted by molar-refractivity contribution is -0.000220. The predicted octanol–water partition coefficient (Wildman–Crippen LogP) is 1.75. The van der Waals surface area contributed by atoms with Gasteiger partial charge < -0.3 is 24.3 Å². The molecular weight excluding hydrogens is 260 g/mol. The molecule has 0 spiro atoms. The van der Waals surface area contributed by atoms with Crippen LogP contribution in [0.25, 0.3) is 0 Å². The Hall–Kier alpha value is 0.0169. The zero-order chi connectivity index (χ0) is 14.8. The summed E-state index contributed by atoms with van der Waals surface area (Å²) in [7, 11) is 0.879. The zero-order valence-electron chi connectivity index (χ0n) is 13.3. The van der Waals surface area contributed by atoms with Crippen molar-refractivity contribution in [3.05, 3.63) is 0 Å². The van der Waals surface area contributed by atoms with E-state index >= 15 is 0 Å². The van der Waals surface area contributed by atoms with Gasteiger partial charge in [-0.2, -0.15) is 0 Å². The van der Waals surface area contributed by atoms with E-state index in [4.69, 9.17) is 19.0 Å². The second-order valence-electron chi connectivity index (χ2n) is 5.30. The second kappa shape index (κ2) is 9.85. The largest absolute Gasteiger partial charge is 0.500 e. The average Bonchev–Trinajstić information content (AvgIpc) is 2.40. The molecule has 0 saturated heterocycles. The fourth-order valence-corrected chi connectivity index (χ4v) is 4.03. The van der Waals surface area contributed by atoms with Crippen molar-refractivity contribution in [2.45, 2.75) is 51.7 Å². The van der Waals surface area contributed by atoms with Gasteiger partial charge in [-0.25, -0.2) is 0 Å². The molecule has 3 N–H and O–H groups in total. The van der Waals surface area contributed by atoms with Gasteiger partial charge in [-0.05, 0) is 39.7 Å². The molecule has 0 rings (SSSR count). The summed E-state index contributed by atoms with van der Waals surface area (Å²) < 4.78 is 17.2. The first-order valence-corrected chi connectivity index (χ1v) is 9.09. The summed E-state index contributed by atoms with van der Waals surface area (Å²) in [5.41, 5.74) is 5.22. The summed E-state index contributed by atoms with van der Waals surface area (Å²) in [6.07, 6.45) is 3.25. The Morgan fingerprint density at radius 2 is 1.74 bits per heavy atom. The molecule has 0 aliphatic heterocycles. The molecule has 0 unspecified atom stereocenters. The van der Waals surface area contributed by atoms with E-state index in [-0.39, 0.29) is 5.60 Å². The molecule has 116 valence electrons. The molecule has 0 aromatic carbocycles. The first-order valence-electron chi connectivity index (χ1n) is 7.16. The normalized spacial score (nSPS) is 12.9. The van der Waals surface area contributed by atoms with Gasteiger partial charge in [-0.3, -0.25) is 0 Å². The topological polar surface area (TPSA) is 65.7 Å². The molecule has 0 amide bonds. The van der Waals surface area contributed by atoms with E-state index in [9.17, 15) is 0 Å². The lowest BCUT2D eigenvalue weighted by Crippen LogP contribution is -2.49. The summed E-state index contributed by atoms with van der Waals surface area (Å²) in [6, 6.07) is 0.793. The lowest BCUT2D eigenvalue weighted by Gasteiger charge is -2.35. The van der Waals surface area contributed by atoms with Crippen molar-refractivity contribution >= 4 is 8.80 Å². The lowest BCUT2D eigenvalue weighted by atomic mass is 10.0. The highest BCUT2D eigenvalue weighted by Crippen LogP contribution is 2.26. The highest BCUT2D eigenvalue weighted by molar-refractivity contribution is 6.60. The first kappa shape index (κ1) is 19.0. The average molecular weight is 292 g/mol. The number of unbranched alkanes of at least 4 members (excludes halogenated alkanes) is 1. The molecular formula is C13H32N2O3Si. The van der Waals surface area contributed by atoms with E-state index in [0.717, 1.165) is 38.4 Å². The maximum absolute atomic E-state index is 6.15. The molecule has 0 heterocycles. The monoisotopic (exact) mass is 292 g/mol. The molecule has 0 atom stereocenters. The molecule has 6 heteroatoms. The third-order valence-corrected chi connectivity index (χ3v) is 6.16. The van der Waals surface area contributed by atoms with E-state index < -0.39 is 8.80 Å². The summed E-state index contributed by atoms with van der Waals surface area (Å²) >= 11 is 0. The van der Waals surface area contributed by atoms with Crippen LogP contribution in [0.2, 0.25) is 6.04 Å². The molecule has 0 fully saturated rings. The molecule has 0 bridgehead atoms. The van der Waals surface area contributed by atoms with Gasteiger partial charge in [0.25, 0.3) is 0 Å². The van der Waals surface area contributed by atoms with Crippen molar-refractivity contribution in [1.82, 2.24) is 5.32 Å². The summed E-state index contributed by atoms with van der Waals surface area (Å²) in [5.74, 6) is 0. The Balaban J connectivity index is 4.02. The Bertz CT molecular complexity index is 216. The number of nitrogens with two attached hydrogens (primary N) is 1. The van der Waals surface area contributed by atoms with Gasteiger partial charge in [0.05, 0.1) is 5.60 Å². The number of nitrogens with one attached hydrogen (secondary N) is 1. The van der Waals surface area contributed by atoms with Gasteiger partial charge in [-0.15, -0.1) is 0 Å². The van der Waals surface area contributed by atoms with E-state index in [0.29, 0.717) is 6.54 Å². The smallest absolute Gasteiger partial charge is 0.377 e. The van der Waals surface area contributed by atoms with Crippen molar-refractivity contribution in [2.24, 2.45) is 5.73 Å². The third kappa shape index (κ3) is 8.01. The van der Waals surface area contributed by atoms with Crippen LogP contribution in [0.5, 0.6) is 0 Å². The molecule has 0 radical (unpaired) electrons. The minimum absolute atomic E-state index is 0.206. The van der Waals surface area contributed by atoms with Crippen LogP contribution in [0.1, 0.15) is 40.0 Å². The number of hydrogen-bond acceptors (Lipinski definition) is 5. The van der Waals surface area contributed by atoms with Crippen LogP contribution in [-0.2, 0) is 13.3 Å². The quantitative estimate of drug-likeness (QED) is 0.424. The molecule has 0 aliphatic rings. The van der Waals surface area contributed by atoms with Gasteiger partial charge in [0.1, 0.15) is 0 Å². The SMILES string of the molecule is CC[Si](OC)(OC)OC(C)(C)CCCCNCCN. The maximum Gasteiger partial charge on any atom is 0.500 e. The van der Waals surface area contributed by atoms with Gasteiger partial charge in [-0.1, -0.05) is 6.92 Å². The van der Waals surface area contributed by atoms with Crippen molar-refractivity contribution in [3.63, 3.8) is 0 Å². The summed E-state index contributed by atoms with van der Waals surface area (Å²) in [6.45, 7) is 8.86. The van der Waals surface area contributed by atoms with Gasteiger partial charge >= 0.3 is 8.80 Å². The highest BCUT2D eigenvalue weighted by atomic mass is 28.4. The minimum Gasteiger partial charge on any atom is -0.377 e. The van der Waals surface area contributed by atoms with Crippen molar-refractivity contribution in [2.75, 3.05) is 33.9 Å². The number of hydrogen-bond donors (Lipinski definition) is 2. The van der Waals surface area contributed by atoms with Crippen molar-refractivity contribution in [1.29, 1.82) is 0 Å². The number of rotatable bonds is 12. The van der Waals surface area contributed by atoms with Crippen LogP contribution >= 0.6 is 0 Å². The van der Waals surface area contributed by atoms with E-state index in [2.05, 4.69) is 19.2 Å². The Morgan fingerprint density at radius 1 is 1.11 bits per heavy atom. The highest BCUT2D eigenvalue weighted by Gasteiger charge is 2.41. The summed E-state index contributed by atoms with van der Waals surface area (Å²) in [4.78, 5) is 0. The fraction of sp³-hybridized carbons (Fsp3) is 1.00. The van der Waals surface area contributed by atoms with Crippen LogP contribution in [0, 0.1) is 0 Å². The predicted molar refractivity (Wildman–Crippen MR) is 81.2 cm³/mol. The van der Waals surface area contributed by atoms with Crippen LogP contribution in [0.3, 0.4) is 0 Å². The summed E-state index contributed by atoms with van der Waals surface area (Å²) in [5, 5.41) is 3.30. The third-order valence-electron chi connectivity index (χ3n) is 3.19. The van der Waals surface area contributed by atoms with E-state index in [1.807, 2.05) is 6.92 Å². The van der Waals surface area contributed by atoms with Crippen LogP contribution < -0.4 is 11.1 Å². The van der Waals surface area contributed by atoms with Gasteiger partial charge in [0.15, 0.2) is 0 Å². The molecule has 0 aliphatic carbocycles. The van der Waals surface area contributed by atoms with E-state index in [1.54, 1.807) is 14.2 Å². The second-order valence-corrected chi connectivity index (χ2v) is 8.40. The first-order chi connectivity index (χ1) is 8.95. The maximum atomic E-state index is 6.15. The molecule has 5 nitrogen and oxygen atoms in total. The molecule has 0 saturated carbocycles. The molecule has 19 heavy (non-hydrogen) atoms. The van der Waals surface area contributed by atoms with Crippen molar-refractivity contribution in [3.8, 4) is 0 Å². The van der Waals surface area contributed by atoms with Gasteiger partial charge in [0.2, 0.25) is 0 Å². The Morgan fingerprint density at radius 3 is 2.21 bits per heavy atom. The standard InChI is InChI=1S/C13H32N2O3Si/c1-6-19(16-4,17-5)18-13(2,3)9-7-8-11-15-12-10-14/h15H,6-12,14H2,1-5H3. The van der Waals surface area contributed by atoms with Crippen molar-refractivity contribution < 1.29 is 13.3 Å². The van der Waals surface area contributed by atoms with E-state index in [1.165, 1.54) is 0 Å². The van der Waals surface area contributed by atoms with Crippen LogP contribution in [-0.4, -0.2) is 48.3 Å². The zero-order valence-corrected chi connectivity index (χ0v) is 14.3. The van der Waals surface area contributed by atoms with Crippen LogP contribution in [0.4, 0.5) is 0 Å². The molecule has 0 aromatic heterocycles. The van der Waals surface area contributed by atoms with Gasteiger partial charge in [0, 0.05) is 33.4 Å². The molecule has 0 aromatic rings. The Kier molecular flexibility index (Phi) is 9.86. The van der Waals surface area contributed by atoms with Crippen LogP contribution in [0.15, 0.2) is 0 Å². The minimum atomic E-state index is -2.47. The Labute approximate surface area is 119 Å².